The number of sulfone groups is 2. The number of aromatic hydroxyl groups is 2. The second kappa shape index (κ2) is 25.6. The molecule has 4 amide bonds. The molecule has 6 N–H and O–H groups in total. The van der Waals surface area contributed by atoms with Crippen molar-refractivity contribution in [3.8, 4) is 23.0 Å². The number of ether oxygens (including phenoxy) is 1. The number of hydrogen-bond acceptors (Lipinski definition) is 11. The molecule has 2 atom stereocenters. The van der Waals surface area contributed by atoms with E-state index in [0.717, 1.165) is 34.7 Å². The van der Waals surface area contributed by atoms with Crippen molar-refractivity contribution in [3.05, 3.63) is 188 Å². The highest BCUT2D eigenvalue weighted by Gasteiger charge is 2.33. The van der Waals surface area contributed by atoms with Gasteiger partial charge in [-0.15, -0.1) is 0 Å². The lowest BCUT2D eigenvalue weighted by Crippen LogP contribution is -2.34. The molecule has 7 rings (SSSR count). The Balaban J connectivity index is 0.000000254. The highest BCUT2D eigenvalue weighted by atomic mass is 35.5. The molecular formula is C57H55Cl3N4O11S2. The summed E-state index contributed by atoms with van der Waals surface area (Å²) in [6.07, 6.45) is 0.993. The van der Waals surface area contributed by atoms with Crippen molar-refractivity contribution in [2.45, 2.75) is 75.3 Å². The van der Waals surface area contributed by atoms with E-state index < -0.39 is 60.1 Å². The predicted molar refractivity (Wildman–Crippen MR) is 303 cm³/mol. The summed E-state index contributed by atoms with van der Waals surface area (Å²) in [6, 6.07) is 36.2. The van der Waals surface area contributed by atoms with Crippen LogP contribution in [0.2, 0.25) is 15.1 Å². The Morgan fingerprint density at radius 2 is 1.10 bits per heavy atom. The number of halogens is 3. The van der Waals surface area contributed by atoms with E-state index in [1.54, 1.807) is 81.4 Å². The fraction of sp³-hybridized carbons (Fsp3) is 0.193. The second-order valence-corrected chi connectivity index (χ2v) is 23.3. The third-order valence-electron chi connectivity index (χ3n) is 12.0. The molecule has 0 aliphatic carbocycles. The van der Waals surface area contributed by atoms with Crippen molar-refractivity contribution in [2.75, 3.05) is 27.0 Å². The number of carbonyl (C=O) groups is 4. The van der Waals surface area contributed by atoms with Gasteiger partial charge in [0.15, 0.2) is 25.4 Å². The molecule has 0 fully saturated rings. The van der Waals surface area contributed by atoms with Crippen LogP contribution < -0.4 is 26.0 Å². The summed E-state index contributed by atoms with van der Waals surface area (Å²) in [7, 11) is -7.90. The van der Waals surface area contributed by atoms with Gasteiger partial charge in [0.05, 0.1) is 47.6 Å². The minimum absolute atomic E-state index is 0.0143. The summed E-state index contributed by atoms with van der Waals surface area (Å²) in [5.74, 6) is -3.28. The number of phenolic OH excluding ortho intramolecular Hbond substituents is 2. The molecule has 402 valence electrons. The lowest BCUT2D eigenvalue weighted by Gasteiger charge is -2.18. The van der Waals surface area contributed by atoms with Crippen LogP contribution in [0.1, 0.15) is 82.5 Å². The minimum Gasteiger partial charge on any atom is -0.506 e. The van der Waals surface area contributed by atoms with Crippen molar-refractivity contribution in [1.29, 1.82) is 0 Å². The van der Waals surface area contributed by atoms with Crippen molar-refractivity contribution in [3.63, 3.8) is 0 Å². The summed E-state index contributed by atoms with van der Waals surface area (Å²) in [6.45, 7) is 11.2. The summed E-state index contributed by atoms with van der Waals surface area (Å²) in [5.41, 5.74) is 4.26. The van der Waals surface area contributed by atoms with Crippen LogP contribution in [0.4, 0.5) is 22.7 Å². The normalized spacial score (nSPS) is 12.0. The molecule has 0 spiro atoms. The van der Waals surface area contributed by atoms with Gasteiger partial charge in [-0.3, -0.25) is 19.2 Å². The largest absolute Gasteiger partial charge is 0.506 e. The summed E-state index contributed by atoms with van der Waals surface area (Å²) in [4.78, 5) is 51.3. The fourth-order valence-corrected chi connectivity index (χ4v) is 11.0. The van der Waals surface area contributed by atoms with Crippen LogP contribution >= 0.6 is 34.8 Å². The van der Waals surface area contributed by atoms with E-state index in [9.17, 15) is 46.2 Å². The Bertz CT molecular complexity index is 3580. The van der Waals surface area contributed by atoms with Crippen molar-refractivity contribution in [1.82, 2.24) is 0 Å². The molecule has 0 bridgehead atoms. The van der Waals surface area contributed by atoms with Gasteiger partial charge in [-0.2, -0.15) is 0 Å². The average Bonchev–Trinajstić information content (AvgIpc) is 3.38. The van der Waals surface area contributed by atoms with Gasteiger partial charge in [0.25, 0.3) is 11.8 Å². The van der Waals surface area contributed by atoms with Crippen LogP contribution in [-0.4, -0.2) is 61.7 Å². The van der Waals surface area contributed by atoms with E-state index in [0.29, 0.717) is 17.2 Å². The average molecular weight is 1140 g/mol. The minimum atomic E-state index is -3.97. The van der Waals surface area contributed by atoms with Gasteiger partial charge < -0.3 is 36.2 Å². The molecule has 7 aromatic rings. The van der Waals surface area contributed by atoms with Gasteiger partial charge in [0, 0.05) is 29.3 Å². The topological polar surface area (TPSA) is 234 Å². The van der Waals surface area contributed by atoms with E-state index in [-0.39, 0.29) is 71.1 Å². The van der Waals surface area contributed by atoms with Gasteiger partial charge in [-0.05, 0) is 129 Å². The number of hydrogen-bond donors (Lipinski definition) is 6. The molecule has 20 heteroatoms. The number of anilines is 4. The molecule has 15 nitrogen and oxygen atoms in total. The maximum Gasteiger partial charge on any atom is 0.255 e. The van der Waals surface area contributed by atoms with Crippen LogP contribution in [-0.2, 0) is 29.3 Å². The molecule has 7 aromatic carbocycles. The molecule has 0 heterocycles. The Hall–Kier alpha value is -7.41. The number of rotatable bonds is 17. The first-order chi connectivity index (χ1) is 36.4. The van der Waals surface area contributed by atoms with Crippen LogP contribution in [0.3, 0.4) is 0 Å². The van der Waals surface area contributed by atoms with Crippen LogP contribution in [0, 0.1) is 20.8 Å². The number of aryl methyl sites for hydroxylation is 3. The first kappa shape index (κ1) is 58.8. The smallest absolute Gasteiger partial charge is 0.255 e. The van der Waals surface area contributed by atoms with Gasteiger partial charge in [0.1, 0.15) is 28.3 Å². The molecule has 77 heavy (non-hydrogen) atoms. The highest BCUT2D eigenvalue weighted by molar-refractivity contribution is 7.93. The first-order valence-corrected chi connectivity index (χ1v) is 28.2. The Labute approximate surface area is 462 Å². The zero-order valence-electron chi connectivity index (χ0n) is 42.6. The van der Waals surface area contributed by atoms with Gasteiger partial charge in [0.2, 0.25) is 11.8 Å². The van der Waals surface area contributed by atoms with E-state index in [2.05, 4.69) is 35.1 Å². The quantitative estimate of drug-likeness (QED) is 0.0469. The number of amides is 4. The Kier molecular flexibility index (Phi) is 19.6. The molecule has 0 radical (unpaired) electrons. The molecule has 0 saturated carbocycles. The number of carbonyl (C=O) groups excluding carboxylic acids is 4. The van der Waals surface area contributed by atoms with E-state index in [1.165, 1.54) is 60.7 Å². The van der Waals surface area contributed by atoms with E-state index in [4.69, 9.17) is 39.5 Å². The number of phenols is 2. The molecule has 2 unspecified atom stereocenters. The van der Waals surface area contributed by atoms with Gasteiger partial charge in [-0.1, -0.05) is 110 Å². The predicted octanol–water partition coefficient (Wildman–Crippen LogP) is 13.1. The Morgan fingerprint density at radius 3 is 1.69 bits per heavy atom. The fourth-order valence-electron chi connectivity index (χ4n) is 7.53. The van der Waals surface area contributed by atoms with Crippen molar-refractivity contribution < 1.29 is 51.0 Å². The van der Waals surface area contributed by atoms with E-state index >= 15 is 0 Å². The molecule has 0 saturated heterocycles. The molecule has 0 aromatic heterocycles. The Morgan fingerprint density at radius 1 is 0.545 bits per heavy atom. The third kappa shape index (κ3) is 15.4. The zero-order valence-corrected chi connectivity index (χ0v) is 46.5. The molecular weight excluding hydrogens is 1090 g/mol. The monoisotopic (exact) mass is 1140 g/mol. The number of benzene rings is 7. The molecule has 0 aliphatic heterocycles. The van der Waals surface area contributed by atoms with E-state index in [1.807, 2.05) is 19.1 Å². The summed E-state index contributed by atoms with van der Waals surface area (Å²) < 4.78 is 57.9. The highest BCUT2D eigenvalue weighted by Crippen LogP contribution is 2.40. The van der Waals surface area contributed by atoms with Crippen LogP contribution in [0.15, 0.2) is 149 Å². The van der Waals surface area contributed by atoms with Crippen LogP contribution in [0.5, 0.6) is 23.0 Å². The first-order valence-electron chi connectivity index (χ1n) is 23.9. The lowest BCUT2D eigenvalue weighted by atomic mass is 9.99. The zero-order chi connectivity index (χ0) is 56.4. The SMILES string of the molecule is CCC(C(=O)Nc1cc(O)c(NC(=O)c2ccc(Cl)c(Cl)c2)cc1Cl)S(=O)(=O)c1cccc(C)c1.CCC(C)c1ccc(Oc2cc(NC(=O)c3ccc(C)cc3)c(O)cc2NC(=O)CS(=O)(=O)c2cccc(C)c2)cc1. The third-order valence-corrected chi connectivity index (χ3v) is 16.9. The van der Waals surface area contributed by atoms with Crippen molar-refractivity contribution in [2.24, 2.45) is 0 Å². The van der Waals surface area contributed by atoms with Crippen molar-refractivity contribution >= 4 is 101 Å². The standard InChI is InChI=1S/C33H34N2O6S.C24H21Cl3N2O5S/c1-5-23(4)24-13-15-26(16-14-24)41-31-19-28(35-33(38)25-11-9-21(2)10-12-25)30(36)18-29(31)34-32(37)20-42(39,40)27-8-6-7-22(3)17-27;1-3-22(35(33,34)15-6-4-5-13(2)9-15)24(32)28-19-12-21(30)20(11-18(19)27)29-23(31)14-7-8-16(25)17(26)10-14/h6-19,23,36H,5,20H2,1-4H3,(H,34,37)(H,35,38);4-12,22,30H,3H2,1-2H3,(H,28,32)(H,29,31). The van der Waals surface area contributed by atoms with Crippen LogP contribution in [0.25, 0.3) is 0 Å². The molecule has 0 aliphatic rings. The number of nitrogens with one attached hydrogen (secondary N) is 4. The lowest BCUT2D eigenvalue weighted by molar-refractivity contribution is -0.116. The second-order valence-electron chi connectivity index (χ2n) is 18.0. The maximum atomic E-state index is 13.0. The maximum absolute atomic E-state index is 13.0. The summed E-state index contributed by atoms with van der Waals surface area (Å²) >= 11 is 18.1. The van der Waals surface area contributed by atoms with Gasteiger partial charge in [-0.25, -0.2) is 16.8 Å². The van der Waals surface area contributed by atoms with Gasteiger partial charge >= 0.3 is 0 Å². The summed E-state index contributed by atoms with van der Waals surface area (Å²) in [5, 5.41) is 30.4.